The van der Waals surface area contributed by atoms with Gasteiger partial charge in [-0.2, -0.15) is 0 Å². The predicted octanol–water partition coefficient (Wildman–Crippen LogP) is 2.35. The highest BCUT2D eigenvalue weighted by molar-refractivity contribution is 6.01. The Hall–Kier alpha value is -2.08. The number of pyridine rings is 1. The van der Waals surface area contributed by atoms with Crippen LogP contribution in [-0.2, 0) is 0 Å². The molecular weight excluding hydrogens is 278 g/mol. The summed E-state index contributed by atoms with van der Waals surface area (Å²) in [7, 11) is 0. The Labute approximate surface area is 129 Å². The molecule has 0 saturated heterocycles. The molecule has 1 atom stereocenters. The minimum absolute atomic E-state index is 0.132. The third-order valence-electron chi connectivity index (χ3n) is 4.78. The van der Waals surface area contributed by atoms with Crippen LogP contribution in [0.1, 0.15) is 32.6 Å². The average Bonchev–Trinajstić information content (AvgIpc) is 2.97. The maximum absolute atomic E-state index is 12.1. The molecule has 1 aliphatic rings. The Morgan fingerprint density at radius 1 is 1.36 bits per heavy atom. The molecule has 22 heavy (non-hydrogen) atoms. The molecule has 6 heteroatoms. The van der Waals surface area contributed by atoms with E-state index < -0.39 is 6.03 Å². The highest BCUT2D eigenvalue weighted by atomic mass is 16.2. The zero-order chi connectivity index (χ0) is 15.7. The fourth-order valence-electron chi connectivity index (χ4n) is 3.54. The summed E-state index contributed by atoms with van der Waals surface area (Å²) in [5.41, 5.74) is 13.3. The number of rotatable bonds is 3. The van der Waals surface area contributed by atoms with Gasteiger partial charge in [0.05, 0.1) is 5.69 Å². The van der Waals surface area contributed by atoms with Gasteiger partial charge in [-0.25, -0.2) is 9.78 Å². The quantitative estimate of drug-likeness (QED) is 0.811. The van der Waals surface area contributed by atoms with Gasteiger partial charge >= 0.3 is 6.03 Å². The SMILES string of the molecule is C[C@@H](N)C1CCC(N(C(N)=O)c2ccnc3[nH]ccc23)CC1. The second-order valence-corrected chi connectivity index (χ2v) is 6.21. The number of fused-ring (bicyclic) bond motifs is 1. The van der Waals surface area contributed by atoms with Crippen LogP contribution < -0.4 is 16.4 Å². The normalized spacial score (nSPS) is 23.4. The number of nitrogens with one attached hydrogen (secondary N) is 1. The van der Waals surface area contributed by atoms with E-state index in [9.17, 15) is 4.79 Å². The maximum Gasteiger partial charge on any atom is 0.319 e. The molecule has 0 unspecified atom stereocenters. The number of aromatic nitrogens is 2. The fourth-order valence-corrected chi connectivity index (χ4v) is 3.54. The number of urea groups is 1. The third kappa shape index (κ3) is 2.66. The number of aromatic amines is 1. The molecule has 1 saturated carbocycles. The monoisotopic (exact) mass is 301 g/mol. The van der Waals surface area contributed by atoms with Crippen LogP contribution in [0.15, 0.2) is 24.5 Å². The Kier molecular flexibility index (Phi) is 4.02. The van der Waals surface area contributed by atoms with Gasteiger partial charge in [0.25, 0.3) is 0 Å². The highest BCUT2D eigenvalue weighted by Gasteiger charge is 2.31. The summed E-state index contributed by atoms with van der Waals surface area (Å²) in [5.74, 6) is 0.538. The lowest BCUT2D eigenvalue weighted by Crippen LogP contribution is -2.46. The fraction of sp³-hybridized carbons (Fsp3) is 0.500. The van der Waals surface area contributed by atoms with E-state index in [1.54, 1.807) is 11.1 Å². The Morgan fingerprint density at radius 3 is 2.73 bits per heavy atom. The van der Waals surface area contributed by atoms with Crippen molar-refractivity contribution in [3.63, 3.8) is 0 Å². The van der Waals surface area contributed by atoms with Crippen LogP contribution in [0.5, 0.6) is 0 Å². The predicted molar refractivity (Wildman–Crippen MR) is 87.6 cm³/mol. The molecule has 0 radical (unpaired) electrons. The van der Waals surface area contributed by atoms with Crippen LogP contribution in [0.2, 0.25) is 0 Å². The first-order valence-electron chi connectivity index (χ1n) is 7.84. The second kappa shape index (κ2) is 5.96. The van der Waals surface area contributed by atoms with Crippen molar-refractivity contribution in [2.24, 2.45) is 17.4 Å². The van der Waals surface area contributed by atoms with Crippen molar-refractivity contribution in [1.29, 1.82) is 0 Å². The second-order valence-electron chi connectivity index (χ2n) is 6.21. The van der Waals surface area contributed by atoms with Crippen molar-refractivity contribution >= 4 is 22.8 Å². The number of anilines is 1. The van der Waals surface area contributed by atoms with E-state index in [1.165, 1.54) is 0 Å². The first-order chi connectivity index (χ1) is 10.6. The number of hydrogen-bond acceptors (Lipinski definition) is 3. The van der Waals surface area contributed by atoms with Gasteiger partial charge < -0.3 is 16.5 Å². The van der Waals surface area contributed by atoms with E-state index in [0.29, 0.717) is 5.92 Å². The van der Waals surface area contributed by atoms with E-state index in [2.05, 4.69) is 16.9 Å². The van der Waals surface area contributed by atoms with Gasteiger partial charge in [0.1, 0.15) is 5.65 Å². The van der Waals surface area contributed by atoms with Gasteiger partial charge in [-0.15, -0.1) is 0 Å². The van der Waals surface area contributed by atoms with Crippen molar-refractivity contribution in [2.75, 3.05) is 4.90 Å². The summed E-state index contributed by atoms with van der Waals surface area (Å²) in [6.45, 7) is 2.06. The Bertz CT molecular complexity index is 657. The van der Waals surface area contributed by atoms with E-state index in [4.69, 9.17) is 11.5 Å². The van der Waals surface area contributed by atoms with Crippen LogP contribution in [0, 0.1) is 5.92 Å². The molecule has 0 aliphatic heterocycles. The zero-order valence-electron chi connectivity index (χ0n) is 12.8. The van der Waals surface area contributed by atoms with Crippen LogP contribution in [0.4, 0.5) is 10.5 Å². The largest absolute Gasteiger partial charge is 0.351 e. The van der Waals surface area contributed by atoms with Crippen molar-refractivity contribution in [3.05, 3.63) is 24.5 Å². The van der Waals surface area contributed by atoms with Crippen LogP contribution in [0.25, 0.3) is 11.0 Å². The molecule has 2 amide bonds. The van der Waals surface area contributed by atoms with Crippen LogP contribution in [0.3, 0.4) is 0 Å². The maximum atomic E-state index is 12.1. The van der Waals surface area contributed by atoms with Gasteiger partial charge in [-0.3, -0.25) is 4.90 Å². The highest BCUT2D eigenvalue weighted by Crippen LogP contribution is 2.34. The molecule has 1 fully saturated rings. The molecule has 3 rings (SSSR count). The van der Waals surface area contributed by atoms with E-state index in [0.717, 1.165) is 42.4 Å². The van der Waals surface area contributed by atoms with Crippen LogP contribution in [-0.4, -0.2) is 28.1 Å². The first kappa shape index (κ1) is 14.8. The lowest BCUT2D eigenvalue weighted by atomic mass is 9.81. The van der Waals surface area contributed by atoms with Crippen molar-refractivity contribution in [2.45, 2.75) is 44.7 Å². The van der Waals surface area contributed by atoms with E-state index >= 15 is 0 Å². The summed E-state index contributed by atoms with van der Waals surface area (Å²) in [6, 6.07) is 3.73. The molecular formula is C16H23N5O. The third-order valence-corrected chi connectivity index (χ3v) is 4.78. The Morgan fingerprint density at radius 2 is 2.09 bits per heavy atom. The number of nitrogens with two attached hydrogens (primary N) is 2. The molecule has 2 aromatic rings. The van der Waals surface area contributed by atoms with Crippen molar-refractivity contribution in [1.82, 2.24) is 9.97 Å². The van der Waals surface area contributed by atoms with E-state index in [-0.39, 0.29) is 12.1 Å². The van der Waals surface area contributed by atoms with Gasteiger partial charge in [0.15, 0.2) is 0 Å². The molecule has 6 nitrogen and oxygen atoms in total. The summed E-state index contributed by atoms with van der Waals surface area (Å²) < 4.78 is 0. The number of hydrogen-bond donors (Lipinski definition) is 3. The minimum atomic E-state index is -0.405. The molecule has 5 N–H and O–H groups in total. The number of carbonyl (C=O) groups excluding carboxylic acids is 1. The molecule has 118 valence electrons. The van der Waals surface area contributed by atoms with Crippen molar-refractivity contribution in [3.8, 4) is 0 Å². The smallest absolute Gasteiger partial charge is 0.319 e. The Balaban J connectivity index is 1.88. The summed E-state index contributed by atoms with van der Waals surface area (Å²) in [5, 5.41) is 0.926. The minimum Gasteiger partial charge on any atom is -0.351 e. The first-order valence-corrected chi connectivity index (χ1v) is 7.84. The molecule has 2 aromatic heterocycles. The number of amides is 2. The number of carbonyl (C=O) groups is 1. The molecule has 1 aliphatic carbocycles. The number of nitrogens with zero attached hydrogens (tertiary/aromatic N) is 2. The van der Waals surface area contributed by atoms with Crippen molar-refractivity contribution < 1.29 is 4.79 Å². The van der Waals surface area contributed by atoms with Gasteiger partial charge in [-0.05, 0) is 50.7 Å². The molecule has 0 spiro atoms. The standard InChI is InChI=1S/C16H23N5O/c1-10(17)11-2-4-12(5-3-11)21(16(18)22)14-7-9-20-15-13(14)6-8-19-15/h6-12H,2-5,17H2,1H3,(H2,18,22)(H,19,20)/t10-,11?,12?/m1/s1. The van der Waals surface area contributed by atoms with Gasteiger partial charge in [0, 0.05) is 29.9 Å². The lowest BCUT2D eigenvalue weighted by Gasteiger charge is -2.37. The zero-order valence-corrected chi connectivity index (χ0v) is 12.8. The molecule has 0 aromatic carbocycles. The topological polar surface area (TPSA) is 101 Å². The molecule has 2 heterocycles. The number of primary amides is 1. The van der Waals surface area contributed by atoms with Crippen LogP contribution >= 0.6 is 0 Å². The summed E-state index contributed by atoms with van der Waals surface area (Å²) in [6.07, 6.45) is 7.47. The summed E-state index contributed by atoms with van der Waals surface area (Å²) >= 11 is 0. The average molecular weight is 301 g/mol. The van der Waals surface area contributed by atoms with E-state index in [1.807, 2.05) is 18.3 Å². The lowest BCUT2D eigenvalue weighted by molar-refractivity contribution is 0.242. The van der Waals surface area contributed by atoms with Gasteiger partial charge in [-0.1, -0.05) is 0 Å². The number of H-pyrrole nitrogens is 1. The molecule has 0 bridgehead atoms. The summed E-state index contributed by atoms with van der Waals surface area (Å²) in [4.78, 5) is 21.1. The van der Waals surface area contributed by atoms with Gasteiger partial charge in [0.2, 0.25) is 0 Å².